The Balaban J connectivity index is 2.39. The van der Waals surface area contributed by atoms with Crippen molar-refractivity contribution in [2.45, 2.75) is 57.7 Å². The normalized spacial score (nSPS) is 32.3. The first-order valence-corrected chi connectivity index (χ1v) is 5.06. The molecular formula is C10H18O3. The minimum atomic E-state index is -0.502. The van der Waals surface area contributed by atoms with Crippen molar-refractivity contribution in [3.8, 4) is 0 Å². The maximum absolute atomic E-state index is 11.1. The number of carbonyl (C=O) groups excluding carboxylic acids is 1. The number of esters is 1. The van der Waals surface area contributed by atoms with Gasteiger partial charge in [0.1, 0.15) is 0 Å². The van der Waals surface area contributed by atoms with Crippen molar-refractivity contribution < 1.29 is 14.6 Å². The van der Waals surface area contributed by atoms with Crippen LogP contribution in [0.4, 0.5) is 0 Å². The second-order valence-corrected chi connectivity index (χ2v) is 3.80. The first-order valence-electron chi connectivity index (χ1n) is 5.06. The van der Waals surface area contributed by atoms with Crippen LogP contribution in [0.1, 0.15) is 45.4 Å². The van der Waals surface area contributed by atoms with Crippen LogP contribution in [0.2, 0.25) is 0 Å². The molecule has 0 aliphatic carbocycles. The Morgan fingerprint density at radius 3 is 2.77 bits per heavy atom. The second-order valence-electron chi connectivity index (χ2n) is 3.80. The van der Waals surface area contributed by atoms with Gasteiger partial charge >= 0.3 is 5.97 Å². The summed E-state index contributed by atoms with van der Waals surface area (Å²) in [5, 5.41) is 9.39. The van der Waals surface area contributed by atoms with Gasteiger partial charge < -0.3 is 9.84 Å². The number of hydrogen-bond acceptors (Lipinski definition) is 3. The van der Waals surface area contributed by atoms with E-state index in [-0.39, 0.29) is 18.5 Å². The van der Waals surface area contributed by atoms with E-state index in [1.54, 1.807) is 0 Å². The van der Waals surface area contributed by atoms with E-state index in [0.29, 0.717) is 0 Å². The summed E-state index contributed by atoms with van der Waals surface area (Å²) in [7, 11) is 0. The highest BCUT2D eigenvalue weighted by Gasteiger charge is 2.16. The fraction of sp³-hybridized carbons (Fsp3) is 0.900. The van der Waals surface area contributed by atoms with E-state index in [4.69, 9.17) is 4.74 Å². The molecule has 0 amide bonds. The molecule has 3 heteroatoms. The van der Waals surface area contributed by atoms with E-state index < -0.39 is 6.10 Å². The molecule has 13 heavy (non-hydrogen) atoms. The molecular weight excluding hydrogens is 168 g/mol. The number of rotatable bonds is 0. The van der Waals surface area contributed by atoms with Gasteiger partial charge in [-0.25, -0.2) is 0 Å². The summed E-state index contributed by atoms with van der Waals surface area (Å²) < 4.78 is 5.10. The van der Waals surface area contributed by atoms with Gasteiger partial charge in [-0.15, -0.1) is 0 Å². The van der Waals surface area contributed by atoms with Gasteiger partial charge in [-0.2, -0.15) is 0 Å². The first-order chi connectivity index (χ1) is 6.18. The zero-order chi connectivity index (χ0) is 9.68. The minimum Gasteiger partial charge on any atom is -0.463 e. The van der Waals surface area contributed by atoms with Gasteiger partial charge in [-0.05, 0) is 26.2 Å². The molecule has 0 aromatic carbocycles. The molecule has 0 radical (unpaired) electrons. The molecule has 0 aromatic heterocycles. The fourth-order valence-corrected chi connectivity index (χ4v) is 1.61. The molecule has 1 fully saturated rings. The largest absolute Gasteiger partial charge is 0.463 e. The van der Waals surface area contributed by atoms with E-state index >= 15 is 0 Å². The summed E-state index contributed by atoms with van der Waals surface area (Å²) in [5.41, 5.74) is 0. The molecule has 0 bridgehead atoms. The number of hydrogen-bond donors (Lipinski definition) is 1. The summed E-state index contributed by atoms with van der Waals surface area (Å²) in [6.07, 6.45) is 4.56. The molecule has 3 nitrogen and oxygen atoms in total. The number of aliphatic hydroxyl groups is 1. The van der Waals surface area contributed by atoms with E-state index in [1.807, 2.05) is 6.92 Å². The Kier molecular flexibility index (Phi) is 4.22. The Morgan fingerprint density at radius 1 is 1.31 bits per heavy atom. The molecule has 1 saturated heterocycles. The highest BCUT2D eigenvalue weighted by Crippen LogP contribution is 2.14. The lowest BCUT2D eigenvalue weighted by Crippen LogP contribution is -2.21. The third kappa shape index (κ3) is 4.27. The van der Waals surface area contributed by atoms with Crippen LogP contribution in [0.5, 0.6) is 0 Å². The van der Waals surface area contributed by atoms with Crippen molar-refractivity contribution in [3.05, 3.63) is 0 Å². The van der Waals surface area contributed by atoms with Crippen LogP contribution in [0.15, 0.2) is 0 Å². The predicted octanol–water partition coefficient (Wildman–Crippen LogP) is 1.63. The van der Waals surface area contributed by atoms with E-state index in [0.717, 1.165) is 32.1 Å². The van der Waals surface area contributed by atoms with Crippen molar-refractivity contribution in [2.24, 2.45) is 0 Å². The lowest BCUT2D eigenvalue weighted by atomic mass is 10.0. The van der Waals surface area contributed by atoms with E-state index in [2.05, 4.69) is 0 Å². The van der Waals surface area contributed by atoms with Gasteiger partial charge in [0.15, 0.2) is 0 Å². The third-order valence-electron chi connectivity index (χ3n) is 2.38. The molecule has 0 aromatic rings. The molecule has 1 heterocycles. The molecule has 0 saturated carbocycles. The van der Waals surface area contributed by atoms with Crippen LogP contribution >= 0.6 is 0 Å². The van der Waals surface area contributed by atoms with Crippen LogP contribution in [-0.2, 0) is 9.53 Å². The van der Waals surface area contributed by atoms with Crippen LogP contribution in [0, 0.1) is 0 Å². The summed E-state index contributed by atoms with van der Waals surface area (Å²) in [4.78, 5) is 11.1. The molecule has 1 rings (SSSR count). The maximum Gasteiger partial charge on any atom is 0.308 e. The number of ether oxygens (including phenoxy) is 1. The van der Waals surface area contributed by atoms with Gasteiger partial charge in [0, 0.05) is 0 Å². The smallest absolute Gasteiger partial charge is 0.308 e. The summed E-state index contributed by atoms with van der Waals surface area (Å²) in [5.74, 6) is -0.262. The summed E-state index contributed by atoms with van der Waals surface area (Å²) in [6, 6.07) is 0. The monoisotopic (exact) mass is 186 g/mol. The topological polar surface area (TPSA) is 46.5 Å². The van der Waals surface area contributed by atoms with Crippen molar-refractivity contribution in [1.82, 2.24) is 0 Å². The molecule has 1 aliphatic heterocycles. The van der Waals surface area contributed by atoms with E-state index in [1.165, 1.54) is 0 Å². The Labute approximate surface area is 79.1 Å². The Morgan fingerprint density at radius 2 is 2.00 bits per heavy atom. The summed E-state index contributed by atoms with van der Waals surface area (Å²) >= 11 is 0. The third-order valence-corrected chi connectivity index (χ3v) is 2.38. The van der Waals surface area contributed by atoms with Crippen molar-refractivity contribution in [3.63, 3.8) is 0 Å². The predicted molar refractivity (Wildman–Crippen MR) is 49.3 cm³/mol. The lowest BCUT2D eigenvalue weighted by Gasteiger charge is -2.17. The summed E-state index contributed by atoms with van der Waals surface area (Å²) in [6.45, 7) is 1.91. The number of carbonyl (C=O) groups is 1. The molecule has 2 unspecified atom stereocenters. The van der Waals surface area contributed by atoms with Crippen LogP contribution in [0.3, 0.4) is 0 Å². The average Bonchev–Trinajstić information content (AvgIpc) is 2.02. The zero-order valence-corrected chi connectivity index (χ0v) is 8.16. The van der Waals surface area contributed by atoms with Crippen molar-refractivity contribution >= 4 is 5.97 Å². The SMILES string of the molecule is CC1CCCCCC(O)CC(=O)O1. The number of aliphatic hydroxyl groups excluding tert-OH is 1. The van der Waals surface area contributed by atoms with Gasteiger partial charge in [0.05, 0.1) is 18.6 Å². The number of cyclic esters (lactones) is 1. The molecule has 76 valence electrons. The standard InChI is InChI=1S/C10H18O3/c1-8-5-3-2-4-6-9(11)7-10(12)13-8/h8-9,11H,2-7H2,1H3. The molecule has 1 N–H and O–H groups in total. The highest BCUT2D eigenvalue weighted by atomic mass is 16.5. The highest BCUT2D eigenvalue weighted by molar-refractivity contribution is 5.70. The Hall–Kier alpha value is -0.570. The molecule has 1 aliphatic rings. The van der Waals surface area contributed by atoms with Gasteiger partial charge in [0.25, 0.3) is 0 Å². The average molecular weight is 186 g/mol. The minimum absolute atomic E-state index is 0.0119. The van der Waals surface area contributed by atoms with Crippen molar-refractivity contribution in [1.29, 1.82) is 0 Å². The van der Waals surface area contributed by atoms with Crippen molar-refractivity contribution in [2.75, 3.05) is 0 Å². The molecule has 2 atom stereocenters. The fourth-order valence-electron chi connectivity index (χ4n) is 1.61. The van der Waals surface area contributed by atoms with Gasteiger partial charge in [0.2, 0.25) is 0 Å². The second kappa shape index (κ2) is 5.22. The quantitative estimate of drug-likeness (QED) is 0.585. The van der Waals surface area contributed by atoms with Crippen LogP contribution in [0.25, 0.3) is 0 Å². The zero-order valence-electron chi connectivity index (χ0n) is 8.16. The Bertz CT molecular complexity index is 152. The first kappa shape index (κ1) is 10.5. The van der Waals surface area contributed by atoms with Gasteiger partial charge in [-0.1, -0.05) is 12.8 Å². The maximum atomic E-state index is 11.1. The lowest BCUT2D eigenvalue weighted by molar-refractivity contribution is -0.151. The molecule has 0 spiro atoms. The van der Waals surface area contributed by atoms with Gasteiger partial charge in [-0.3, -0.25) is 4.79 Å². The van der Waals surface area contributed by atoms with Crippen LogP contribution in [-0.4, -0.2) is 23.3 Å². The van der Waals surface area contributed by atoms with E-state index in [9.17, 15) is 9.90 Å². The van der Waals surface area contributed by atoms with Crippen LogP contribution < -0.4 is 0 Å².